The maximum absolute atomic E-state index is 12.5. The second kappa shape index (κ2) is 7.43. The summed E-state index contributed by atoms with van der Waals surface area (Å²) in [5, 5.41) is 12.0. The quantitative estimate of drug-likeness (QED) is 0.638. The normalized spacial score (nSPS) is 12.6. The van der Waals surface area contributed by atoms with Gasteiger partial charge in [0.25, 0.3) is 5.56 Å². The highest BCUT2D eigenvalue weighted by molar-refractivity contribution is 5.73. The monoisotopic (exact) mass is 337 g/mol. The van der Waals surface area contributed by atoms with Crippen molar-refractivity contribution in [2.75, 3.05) is 6.54 Å². The zero-order chi connectivity index (χ0) is 17.9. The molecule has 0 aliphatic heterocycles. The minimum absolute atomic E-state index is 0.220. The number of aryl methyl sites for hydroxylation is 2. The average Bonchev–Trinajstić information content (AvgIpc) is 2.92. The molecule has 0 aliphatic rings. The number of hydrogen-bond acceptors (Lipinski definition) is 5. The molecule has 2 aromatic rings. The summed E-state index contributed by atoms with van der Waals surface area (Å²) >= 11 is 0. The number of rotatable bonds is 8. The zero-order valence-corrected chi connectivity index (χ0v) is 14.2. The summed E-state index contributed by atoms with van der Waals surface area (Å²) in [6, 6.07) is -0.603. The van der Waals surface area contributed by atoms with Crippen molar-refractivity contribution in [3.63, 3.8) is 0 Å². The minimum atomic E-state index is -0.888. The summed E-state index contributed by atoms with van der Waals surface area (Å²) in [5.41, 5.74) is -0.0683. The van der Waals surface area contributed by atoms with Crippen molar-refractivity contribution < 1.29 is 9.90 Å². The topological polar surface area (TPSA) is 111 Å². The van der Waals surface area contributed by atoms with Gasteiger partial charge in [0.2, 0.25) is 0 Å². The average molecular weight is 337 g/mol. The lowest BCUT2D eigenvalue weighted by Crippen LogP contribution is -2.41. The molecule has 0 fully saturated rings. The fraction of sp³-hybridized carbons (Fsp3) is 0.600. The number of fused-ring (bicyclic) bond motifs is 1. The second-order valence-electron chi connectivity index (χ2n) is 5.81. The first-order valence-corrected chi connectivity index (χ1v) is 7.95. The smallest absolute Gasteiger partial charge is 0.332 e. The van der Waals surface area contributed by atoms with Gasteiger partial charge in [-0.1, -0.05) is 13.3 Å². The number of nitrogens with zero attached hydrogens (tertiary/aromatic N) is 4. The van der Waals surface area contributed by atoms with Gasteiger partial charge in [-0.05, 0) is 19.4 Å². The maximum Gasteiger partial charge on any atom is 0.332 e. The molecule has 2 aromatic heterocycles. The minimum Gasteiger partial charge on any atom is -0.480 e. The molecule has 2 N–H and O–H groups in total. The molecule has 2 rings (SSSR count). The number of imidazole rings is 1. The summed E-state index contributed by atoms with van der Waals surface area (Å²) in [5.74, 6) is -0.888. The van der Waals surface area contributed by atoms with Crippen LogP contribution in [0.5, 0.6) is 0 Å². The molecule has 1 atom stereocenters. The van der Waals surface area contributed by atoms with Crippen LogP contribution in [0.3, 0.4) is 0 Å². The summed E-state index contributed by atoms with van der Waals surface area (Å²) in [4.78, 5) is 40.0. The predicted octanol–water partition coefficient (Wildman–Crippen LogP) is -0.333. The fourth-order valence-corrected chi connectivity index (χ4v) is 2.71. The lowest BCUT2D eigenvalue weighted by atomic mass is 10.1. The summed E-state index contributed by atoms with van der Waals surface area (Å²) in [6.45, 7) is 2.55. The molecule has 0 spiro atoms. The summed E-state index contributed by atoms with van der Waals surface area (Å²) < 4.78 is 4.11. The third-order valence-corrected chi connectivity index (χ3v) is 4.03. The van der Waals surface area contributed by atoms with Crippen molar-refractivity contribution in [1.82, 2.24) is 24.0 Å². The number of aliphatic carboxylic acids is 1. The van der Waals surface area contributed by atoms with Crippen molar-refractivity contribution in [3.8, 4) is 0 Å². The Labute approximate surface area is 138 Å². The molecule has 2 heterocycles. The van der Waals surface area contributed by atoms with Gasteiger partial charge in [0.1, 0.15) is 6.04 Å². The predicted molar refractivity (Wildman–Crippen MR) is 89.2 cm³/mol. The molecule has 1 unspecified atom stereocenters. The molecule has 0 aromatic carbocycles. The zero-order valence-electron chi connectivity index (χ0n) is 14.2. The maximum atomic E-state index is 12.5. The highest BCUT2D eigenvalue weighted by atomic mass is 16.4. The SMILES string of the molecule is CCCC(NCCCn1c(=O)c2c(ncn2C)n(C)c1=O)C(=O)O. The molecule has 24 heavy (non-hydrogen) atoms. The Bertz CT molecular complexity index is 848. The van der Waals surface area contributed by atoms with Crippen LogP contribution < -0.4 is 16.6 Å². The Morgan fingerprint density at radius 2 is 2.08 bits per heavy atom. The molecular formula is C15H23N5O4. The number of nitrogens with one attached hydrogen (secondary N) is 1. The Morgan fingerprint density at radius 1 is 1.38 bits per heavy atom. The van der Waals surface area contributed by atoms with Gasteiger partial charge < -0.3 is 15.0 Å². The Morgan fingerprint density at radius 3 is 2.71 bits per heavy atom. The molecule has 0 radical (unpaired) electrons. The molecular weight excluding hydrogens is 314 g/mol. The van der Waals surface area contributed by atoms with Crippen molar-refractivity contribution in [3.05, 3.63) is 27.2 Å². The van der Waals surface area contributed by atoms with Crippen molar-refractivity contribution in [2.24, 2.45) is 14.1 Å². The van der Waals surface area contributed by atoms with E-state index in [1.165, 1.54) is 15.5 Å². The first kappa shape index (κ1) is 17.9. The van der Waals surface area contributed by atoms with Crippen LogP contribution >= 0.6 is 0 Å². The van der Waals surface area contributed by atoms with E-state index in [1.807, 2.05) is 6.92 Å². The molecule has 9 nitrogen and oxygen atoms in total. The Kier molecular flexibility index (Phi) is 5.55. The van der Waals surface area contributed by atoms with Crippen LogP contribution in [-0.4, -0.2) is 42.3 Å². The lowest BCUT2D eigenvalue weighted by Gasteiger charge is -2.14. The second-order valence-corrected chi connectivity index (χ2v) is 5.81. The van der Waals surface area contributed by atoms with E-state index in [0.29, 0.717) is 30.6 Å². The third-order valence-electron chi connectivity index (χ3n) is 4.03. The molecule has 0 aliphatic carbocycles. The van der Waals surface area contributed by atoms with Gasteiger partial charge in [0.15, 0.2) is 11.2 Å². The molecule has 0 saturated heterocycles. The van der Waals surface area contributed by atoms with Gasteiger partial charge in [0, 0.05) is 20.6 Å². The van der Waals surface area contributed by atoms with Crippen LogP contribution in [0.15, 0.2) is 15.9 Å². The van der Waals surface area contributed by atoms with E-state index in [0.717, 1.165) is 6.42 Å². The number of carbonyl (C=O) groups is 1. The fourth-order valence-electron chi connectivity index (χ4n) is 2.71. The van der Waals surface area contributed by atoms with Gasteiger partial charge in [-0.15, -0.1) is 0 Å². The number of hydrogen-bond donors (Lipinski definition) is 2. The van der Waals surface area contributed by atoms with Crippen LogP contribution in [-0.2, 0) is 25.4 Å². The van der Waals surface area contributed by atoms with E-state index in [9.17, 15) is 14.4 Å². The van der Waals surface area contributed by atoms with Crippen LogP contribution in [0.1, 0.15) is 26.2 Å². The van der Waals surface area contributed by atoms with Gasteiger partial charge in [-0.2, -0.15) is 0 Å². The summed E-state index contributed by atoms with van der Waals surface area (Å²) in [6.07, 6.45) is 3.28. The van der Waals surface area contributed by atoms with E-state index in [-0.39, 0.29) is 12.1 Å². The van der Waals surface area contributed by atoms with Crippen LogP contribution in [0.2, 0.25) is 0 Å². The van der Waals surface area contributed by atoms with Crippen molar-refractivity contribution in [1.29, 1.82) is 0 Å². The largest absolute Gasteiger partial charge is 0.480 e. The van der Waals surface area contributed by atoms with E-state index in [4.69, 9.17) is 5.11 Å². The van der Waals surface area contributed by atoms with Gasteiger partial charge in [-0.3, -0.25) is 18.7 Å². The third kappa shape index (κ3) is 3.40. The standard InChI is InChI=1S/C15H23N5O4/c1-4-6-10(14(22)23)16-7-5-8-20-13(21)11-12(17-9-18(11)2)19(3)15(20)24/h9-10,16H,4-8H2,1-3H3,(H,22,23). The first-order valence-electron chi connectivity index (χ1n) is 7.95. The van der Waals surface area contributed by atoms with Gasteiger partial charge in [0.05, 0.1) is 6.33 Å². The lowest BCUT2D eigenvalue weighted by molar-refractivity contribution is -0.139. The number of carboxylic acid groups (broad SMARTS) is 1. The first-order chi connectivity index (χ1) is 11.4. The molecule has 132 valence electrons. The number of aromatic nitrogens is 4. The van der Waals surface area contributed by atoms with Crippen molar-refractivity contribution >= 4 is 17.1 Å². The van der Waals surface area contributed by atoms with Crippen molar-refractivity contribution in [2.45, 2.75) is 38.8 Å². The molecule has 0 saturated carbocycles. The van der Waals surface area contributed by atoms with E-state index in [1.54, 1.807) is 18.7 Å². The van der Waals surface area contributed by atoms with Crippen LogP contribution in [0.4, 0.5) is 0 Å². The molecule has 0 amide bonds. The molecule has 9 heteroatoms. The highest BCUT2D eigenvalue weighted by Gasteiger charge is 2.16. The van der Waals surface area contributed by atoms with Crippen LogP contribution in [0.25, 0.3) is 11.2 Å². The summed E-state index contributed by atoms with van der Waals surface area (Å²) in [7, 11) is 3.28. The van der Waals surface area contributed by atoms with Crippen LogP contribution in [0, 0.1) is 0 Å². The van der Waals surface area contributed by atoms with E-state index >= 15 is 0 Å². The Hall–Kier alpha value is -2.42. The van der Waals surface area contributed by atoms with E-state index < -0.39 is 17.7 Å². The molecule has 0 bridgehead atoms. The highest BCUT2D eigenvalue weighted by Crippen LogP contribution is 2.03. The Balaban J connectivity index is 2.13. The van der Waals surface area contributed by atoms with E-state index in [2.05, 4.69) is 10.3 Å². The van der Waals surface area contributed by atoms with Gasteiger partial charge >= 0.3 is 11.7 Å². The van der Waals surface area contributed by atoms with Gasteiger partial charge in [-0.25, -0.2) is 9.78 Å². The number of carboxylic acids is 1.